The van der Waals surface area contributed by atoms with E-state index < -0.39 is 5.91 Å². The number of rotatable bonds is 5. The second-order valence-electron chi connectivity index (χ2n) is 6.11. The predicted molar refractivity (Wildman–Crippen MR) is 99.7 cm³/mol. The van der Waals surface area contributed by atoms with Gasteiger partial charge in [0.2, 0.25) is 0 Å². The standard InChI is InChI=1S/C20H21N3O3/c1-4-26-16-8-6-15(7-9-16)14(3)22-19(24)17-11-21-18-10-5-13(2)12-23(18)20(17)25/h5-12,14H,4H2,1-3H3,(H,22,24). The molecule has 1 atom stereocenters. The van der Waals surface area contributed by atoms with Crippen LogP contribution in [-0.4, -0.2) is 21.9 Å². The highest BCUT2D eigenvalue weighted by Gasteiger charge is 2.16. The van der Waals surface area contributed by atoms with Crippen molar-refractivity contribution in [2.24, 2.45) is 0 Å². The van der Waals surface area contributed by atoms with Gasteiger partial charge in [0.1, 0.15) is 17.0 Å². The van der Waals surface area contributed by atoms with Crippen molar-refractivity contribution in [2.45, 2.75) is 26.8 Å². The number of carbonyl (C=O) groups excluding carboxylic acids is 1. The minimum atomic E-state index is -0.445. The Bertz CT molecular complexity index is 993. The van der Waals surface area contributed by atoms with E-state index in [1.807, 2.05) is 51.1 Å². The number of amides is 1. The topological polar surface area (TPSA) is 72.7 Å². The Labute approximate surface area is 151 Å². The lowest BCUT2D eigenvalue weighted by molar-refractivity contribution is 0.0938. The summed E-state index contributed by atoms with van der Waals surface area (Å²) in [5, 5.41) is 2.85. The maximum Gasteiger partial charge on any atom is 0.270 e. The Kier molecular flexibility index (Phi) is 5.02. The van der Waals surface area contributed by atoms with Crippen LogP contribution in [0.2, 0.25) is 0 Å². The summed E-state index contributed by atoms with van der Waals surface area (Å²) in [5.74, 6) is 0.335. The molecule has 0 saturated carbocycles. The Morgan fingerprint density at radius 2 is 1.96 bits per heavy atom. The molecular weight excluding hydrogens is 330 g/mol. The maximum absolute atomic E-state index is 12.6. The monoisotopic (exact) mass is 351 g/mol. The van der Waals surface area contributed by atoms with Crippen molar-refractivity contribution < 1.29 is 9.53 Å². The van der Waals surface area contributed by atoms with Gasteiger partial charge in [0.25, 0.3) is 11.5 Å². The number of ether oxygens (including phenoxy) is 1. The Hall–Kier alpha value is -3.15. The molecule has 0 saturated heterocycles. The zero-order valence-corrected chi connectivity index (χ0v) is 15.0. The van der Waals surface area contributed by atoms with Crippen molar-refractivity contribution in [3.63, 3.8) is 0 Å². The number of aromatic nitrogens is 2. The van der Waals surface area contributed by atoms with Gasteiger partial charge in [-0.15, -0.1) is 0 Å². The van der Waals surface area contributed by atoms with Gasteiger partial charge < -0.3 is 10.1 Å². The van der Waals surface area contributed by atoms with E-state index in [0.29, 0.717) is 12.3 Å². The number of carbonyl (C=O) groups is 1. The van der Waals surface area contributed by atoms with E-state index in [1.54, 1.807) is 12.3 Å². The first-order valence-electron chi connectivity index (χ1n) is 8.51. The normalized spacial score (nSPS) is 12.0. The molecule has 0 radical (unpaired) electrons. The molecule has 2 aromatic heterocycles. The predicted octanol–water partition coefficient (Wildman–Crippen LogP) is 2.89. The summed E-state index contributed by atoms with van der Waals surface area (Å²) in [7, 11) is 0. The van der Waals surface area contributed by atoms with Crippen LogP contribution in [0.3, 0.4) is 0 Å². The molecule has 26 heavy (non-hydrogen) atoms. The van der Waals surface area contributed by atoms with Crippen molar-refractivity contribution in [3.05, 3.63) is 75.8 Å². The molecule has 0 aliphatic rings. The van der Waals surface area contributed by atoms with E-state index >= 15 is 0 Å². The average Bonchev–Trinajstić information content (AvgIpc) is 2.63. The van der Waals surface area contributed by atoms with Gasteiger partial charge in [-0.25, -0.2) is 4.98 Å². The van der Waals surface area contributed by atoms with Gasteiger partial charge in [-0.05, 0) is 50.1 Å². The first-order chi connectivity index (χ1) is 12.5. The minimum Gasteiger partial charge on any atom is -0.494 e. The molecule has 0 aliphatic carbocycles. The number of fused-ring (bicyclic) bond motifs is 1. The molecule has 0 aliphatic heterocycles. The van der Waals surface area contributed by atoms with Crippen LogP contribution in [0.4, 0.5) is 0 Å². The van der Waals surface area contributed by atoms with Crippen molar-refractivity contribution in [3.8, 4) is 5.75 Å². The van der Waals surface area contributed by atoms with Crippen LogP contribution in [0.1, 0.15) is 41.4 Å². The molecule has 1 amide bonds. The van der Waals surface area contributed by atoms with Gasteiger partial charge in [-0.2, -0.15) is 0 Å². The second-order valence-corrected chi connectivity index (χ2v) is 6.11. The summed E-state index contributed by atoms with van der Waals surface area (Å²) in [5.41, 5.74) is 1.99. The molecule has 6 nitrogen and oxygen atoms in total. The Balaban J connectivity index is 1.82. The van der Waals surface area contributed by atoms with Gasteiger partial charge in [0, 0.05) is 12.4 Å². The van der Waals surface area contributed by atoms with Crippen molar-refractivity contribution in [2.75, 3.05) is 6.61 Å². The molecule has 1 unspecified atom stereocenters. The molecule has 0 bridgehead atoms. The molecule has 1 aromatic carbocycles. The van der Waals surface area contributed by atoms with Gasteiger partial charge in [-0.3, -0.25) is 14.0 Å². The number of nitrogens with one attached hydrogen (secondary N) is 1. The number of nitrogens with zero attached hydrogens (tertiary/aromatic N) is 2. The number of aryl methyl sites for hydroxylation is 1. The highest BCUT2D eigenvalue weighted by atomic mass is 16.5. The molecule has 0 fully saturated rings. The third-order valence-electron chi connectivity index (χ3n) is 4.13. The van der Waals surface area contributed by atoms with Gasteiger partial charge in [-0.1, -0.05) is 18.2 Å². The SMILES string of the molecule is CCOc1ccc(C(C)NC(=O)c2cnc3ccc(C)cn3c2=O)cc1. The summed E-state index contributed by atoms with van der Waals surface area (Å²) in [6, 6.07) is 10.9. The van der Waals surface area contributed by atoms with E-state index in [9.17, 15) is 9.59 Å². The zero-order valence-electron chi connectivity index (χ0n) is 15.0. The Morgan fingerprint density at radius 3 is 2.65 bits per heavy atom. The minimum absolute atomic E-state index is 0.0193. The van der Waals surface area contributed by atoms with E-state index in [0.717, 1.165) is 16.9 Å². The highest BCUT2D eigenvalue weighted by Crippen LogP contribution is 2.18. The van der Waals surface area contributed by atoms with Crippen LogP contribution in [-0.2, 0) is 0 Å². The molecular formula is C20H21N3O3. The van der Waals surface area contributed by atoms with E-state index in [2.05, 4.69) is 10.3 Å². The molecule has 0 spiro atoms. The lowest BCUT2D eigenvalue weighted by Gasteiger charge is -2.15. The van der Waals surface area contributed by atoms with Crippen LogP contribution in [0.15, 0.2) is 53.6 Å². The van der Waals surface area contributed by atoms with Crippen LogP contribution in [0.5, 0.6) is 5.75 Å². The van der Waals surface area contributed by atoms with Crippen molar-refractivity contribution >= 4 is 11.6 Å². The second kappa shape index (κ2) is 7.39. The first-order valence-corrected chi connectivity index (χ1v) is 8.51. The quantitative estimate of drug-likeness (QED) is 0.767. The number of pyridine rings is 1. The largest absolute Gasteiger partial charge is 0.494 e. The third-order valence-corrected chi connectivity index (χ3v) is 4.13. The van der Waals surface area contributed by atoms with Crippen molar-refractivity contribution in [1.29, 1.82) is 0 Å². The fraction of sp³-hybridized carbons (Fsp3) is 0.250. The van der Waals surface area contributed by atoms with Crippen LogP contribution in [0.25, 0.3) is 5.65 Å². The first kappa shape index (κ1) is 17.7. The molecule has 3 rings (SSSR count). The van der Waals surface area contributed by atoms with Crippen molar-refractivity contribution in [1.82, 2.24) is 14.7 Å². The fourth-order valence-electron chi connectivity index (χ4n) is 2.72. The fourth-order valence-corrected chi connectivity index (χ4v) is 2.72. The van der Waals surface area contributed by atoms with Gasteiger partial charge in [0.05, 0.1) is 12.6 Å². The lowest BCUT2D eigenvalue weighted by Crippen LogP contribution is -2.33. The molecule has 6 heteroatoms. The van der Waals surface area contributed by atoms with Crippen LogP contribution in [0, 0.1) is 6.92 Å². The molecule has 2 heterocycles. The van der Waals surface area contributed by atoms with E-state index in [1.165, 1.54) is 10.6 Å². The third kappa shape index (κ3) is 3.59. The number of hydrogen-bond donors (Lipinski definition) is 1. The van der Waals surface area contributed by atoms with Gasteiger partial charge >= 0.3 is 0 Å². The molecule has 1 N–H and O–H groups in total. The molecule has 134 valence electrons. The Morgan fingerprint density at radius 1 is 1.23 bits per heavy atom. The van der Waals surface area contributed by atoms with E-state index in [-0.39, 0.29) is 17.2 Å². The number of hydrogen-bond acceptors (Lipinski definition) is 4. The summed E-state index contributed by atoms with van der Waals surface area (Å²) in [4.78, 5) is 29.4. The summed E-state index contributed by atoms with van der Waals surface area (Å²) >= 11 is 0. The van der Waals surface area contributed by atoms with Crippen LogP contribution < -0.4 is 15.6 Å². The van der Waals surface area contributed by atoms with Gasteiger partial charge in [0.15, 0.2) is 0 Å². The summed E-state index contributed by atoms with van der Waals surface area (Å²) in [6.45, 7) is 6.27. The molecule has 3 aromatic rings. The number of benzene rings is 1. The zero-order chi connectivity index (χ0) is 18.7. The van der Waals surface area contributed by atoms with Crippen LogP contribution >= 0.6 is 0 Å². The average molecular weight is 351 g/mol. The van der Waals surface area contributed by atoms with E-state index in [4.69, 9.17) is 4.74 Å². The summed E-state index contributed by atoms with van der Waals surface area (Å²) < 4.78 is 6.81. The lowest BCUT2D eigenvalue weighted by atomic mass is 10.1. The summed E-state index contributed by atoms with van der Waals surface area (Å²) in [6.07, 6.45) is 3.00. The highest BCUT2D eigenvalue weighted by molar-refractivity contribution is 5.94. The maximum atomic E-state index is 12.6. The smallest absolute Gasteiger partial charge is 0.270 e.